The number of rotatable bonds is 11. The van der Waals surface area contributed by atoms with Crippen LogP contribution in [0, 0.1) is 23.0 Å². The molecule has 0 aromatic heterocycles. The first kappa shape index (κ1) is 51.3. The number of nitrogens with zero attached hydrogens (tertiary/aromatic N) is 2. The number of ether oxygens (including phenoxy) is 5. The monoisotopic (exact) mass is 935 g/mol. The molecule has 0 radical (unpaired) electrons. The lowest BCUT2D eigenvalue weighted by molar-refractivity contribution is -0.228. The molecule has 15 heteroatoms. The van der Waals surface area contributed by atoms with Gasteiger partial charge in [0.1, 0.15) is 46.0 Å². The zero-order valence-corrected chi connectivity index (χ0v) is 40.4. The zero-order chi connectivity index (χ0) is 48.4. The first-order valence-electron chi connectivity index (χ1n) is 23.9. The van der Waals surface area contributed by atoms with E-state index in [1.165, 1.54) is 12.1 Å². The molecular weight excluding hydrogens is 864 g/mol. The fourth-order valence-corrected chi connectivity index (χ4v) is 9.01. The average molecular weight is 935 g/mol. The second-order valence-corrected chi connectivity index (χ2v) is 22.1. The summed E-state index contributed by atoms with van der Waals surface area (Å²) in [4.78, 5) is 40.9. The molecule has 368 valence electrons. The van der Waals surface area contributed by atoms with E-state index in [4.69, 9.17) is 23.7 Å². The summed E-state index contributed by atoms with van der Waals surface area (Å²) in [7, 11) is 0. The van der Waals surface area contributed by atoms with Gasteiger partial charge in [0.25, 0.3) is 0 Å². The highest BCUT2D eigenvalue weighted by molar-refractivity contribution is 5.91. The average Bonchev–Trinajstić information content (AvgIpc) is 4.14. The van der Waals surface area contributed by atoms with E-state index in [0.717, 1.165) is 62.5 Å². The number of halogens is 5. The van der Waals surface area contributed by atoms with Gasteiger partial charge >= 0.3 is 24.2 Å². The fourth-order valence-electron chi connectivity index (χ4n) is 9.01. The van der Waals surface area contributed by atoms with E-state index in [1.54, 1.807) is 58.6 Å². The van der Waals surface area contributed by atoms with Crippen molar-refractivity contribution in [1.82, 2.24) is 9.80 Å². The maximum atomic E-state index is 14.8. The van der Waals surface area contributed by atoms with E-state index in [9.17, 15) is 36.3 Å². The molecule has 1 unspecified atom stereocenters. The number of esters is 2. The fraction of sp³-hybridized carbons (Fsp3) is 0.706. The molecule has 2 heterocycles. The Kier molecular flexibility index (Phi) is 15.7. The Hall–Kier alpha value is -4.14. The molecule has 1 atom stereocenters. The van der Waals surface area contributed by atoms with Gasteiger partial charge in [-0.1, -0.05) is 12.8 Å². The van der Waals surface area contributed by atoms with E-state index >= 15 is 0 Å². The van der Waals surface area contributed by atoms with Crippen LogP contribution < -0.4 is 9.47 Å². The van der Waals surface area contributed by atoms with Crippen molar-refractivity contribution in [3.63, 3.8) is 0 Å². The van der Waals surface area contributed by atoms with Crippen LogP contribution >= 0.6 is 0 Å². The van der Waals surface area contributed by atoms with Gasteiger partial charge in [0.05, 0.1) is 29.7 Å². The quantitative estimate of drug-likeness (QED) is 0.124. The number of amides is 1. The molecule has 1 amide bonds. The van der Waals surface area contributed by atoms with Crippen LogP contribution in [0.25, 0.3) is 0 Å². The Labute approximate surface area is 387 Å². The predicted octanol–water partition coefficient (Wildman–Crippen LogP) is 12.3. The SMILES string of the molecule is CC(C)(C)OC(=O)c1cc(C2CC2)c(OC2CCCN(C(=O)OC(C)(C)C)C2)cc1F.CC(C)(C)OC(=O)c1cc(C2CC2)c(OCC2CCN(CC3(C(F)(F)F)CCCC3)CC2)cc1F. The van der Waals surface area contributed by atoms with Crippen molar-refractivity contribution in [1.29, 1.82) is 0 Å². The Morgan fingerprint density at radius 3 is 1.59 bits per heavy atom. The van der Waals surface area contributed by atoms with Gasteiger partial charge in [-0.05, 0) is 181 Å². The highest BCUT2D eigenvalue weighted by Gasteiger charge is 2.56. The molecule has 3 saturated carbocycles. The van der Waals surface area contributed by atoms with E-state index in [-0.39, 0.29) is 60.5 Å². The number of piperidine rings is 2. The van der Waals surface area contributed by atoms with Crippen LogP contribution in [0.1, 0.15) is 183 Å². The van der Waals surface area contributed by atoms with Crippen molar-refractivity contribution in [3.05, 3.63) is 58.2 Å². The molecule has 2 aromatic rings. The van der Waals surface area contributed by atoms with Crippen molar-refractivity contribution < 1.29 is 60.0 Å². The van der Waals surface area contributed by atoms with Crippen molar-refractivity contribution in [2.24, 2.45) is 11.3 Å². The van der Waals surface area contributed by atoms with Crippen LogP contribution in [0.4, 0.5) is 26.7 Å². The Morgan fingerprint density at radius 2 is 1.12 bits per heavy atom. The molecule has 10 nitrogen and oxygen atoms in total. The summed E-state index contributed by atoms with van der Waals surface area (Å²) in [6, 6.07) is 5.72. The second kappa shape index (κ2) is 20.2. The van der Waals surface area contributed by atoms with Gasteiger partial charge in [-0.2, -0.15) is 13.2 Å². The molecule has 2 aromatic carbocycles. The molecule has 0 N–H and O–H groups in total. The number of benzene rings is 2. The highest BCUT2D eigenvalue weighted by Crippen LogP contribution is 2.51. The summed E-state index contributed by atoms with van der Waals surface area (Å²) in [5.41, 5.74) is -2.02. The summed E-state index contributed by atoms with van der Waals surface area (Å²) in [5.74, 6) is -1.07. The van der Waals surface area contributed by atoms with Crippen LogP contribution in [0.15, 0.2) is 24.3 Å². The number of hydrogen-bond acceptors (Lipinski definition) is 9. The number of carbonyl (C=O) groups is 3. The lowest BCUT2D eigenvalue weighted by Crippen LogP contribution is -2.48. The summed E-state index contributed by atoms with van der Waals surface area (Å²) < 4.78 is 99.3. The third kappa shape index (κ3) is 14.2. The summed E-state index contributed by atoms with van der Waals surface area (Å²) in [6.45, 7) is 18.7. The number of likely N-dealkylation sites (tertiary alicyclic amines) is 2. The first-order valence-corrected chi connectivity index (χ1v) is 23.9. The van der Waals surface area contributed by atoms with Crippen LogP contribution in [0.5, 0.6) is 11.5 Å². The Balaban J connectivity index is 0.000000220. The van der Waals surface area contributed by atoms with E-state index in [1.807, 2.05) is 25.7 Å². The van der Waals surface area contributed by atoms with E-state index in [0.29, 0.717) is 57.1 Å². The minimum absolute atomic E-state index is 0.0665. The minimum atomic E-state index is -4.15. The normalized spacial score (nSPS) is 20.8. The zero-order valence-electron chi connectivity index (χ0n) is 40.4. The number of alkyl halides is 3. The second-order valence-electron chi connectivity index (χ2n) is 22.1. The molecular formula is C51H71F5N2O8. The highest BCUT2D eigenvalue weighted by atomic mass is 19.4. The maximum Gasteiger partial charge on any atom is 0.410 e. The molecule has 5 fully saturated rings. The Morgan fingerprint density at radius 1 is 0.636 bits per heavy atom. The molecule has 0 bridgehead atoms. The van der Waals surface area contributed by atoms with E-state index < -0.39 is 52.0 Å². The van der Waals surface area contributed by atoms with Crippen LogP contribution in [0.2, 0.25) is 0 Å². The van der Waals surface area contributed by atoms with Crippen molar-refractivity contribution in [2.75, 3.05) is 39.3 Å². The molecule has 2 saturated heterocycles. The van der Waals surface area contributed by atoms with Crippen molar-refractivity contribution >= 4 is 18.0 Å². The summed E-state index contributed by atoms with van der Waals surface area (Å²) in [5, 5.41) is 0. The van der Waals surface area contributed by atoms with Crippen LogP contribution in [-0.2, 0) is 14.2 Å². The van der Waals surface area contributed by atoms with Gasteiger partial charge in [0, 0.05) is 25.2 Å². The topological polar surface area (TPSA) is 104 Å². The third-order valence-corrected chi connectivity index (χ3v) is 12.7. The minimum Gasteiger partial charge on any atom is -0.493 e. The standard InChI is InChI=1S/C27H37F4NO3.C24H34FNO5/c1-25(2,3)35-24(33)21-14-20(19-6-7-19)23(15-22(21)28)34-16-18-8-12-32(13-9-18)17-26(27(29,30)31)10-4-5-11-26;1-23(2,3)30-21(27)18-12-17(15-9-10-15)20(13-19(18)25)29-16-8-7-11-26(14-16)22(28)31-24(4,5)6/h14-15,18-19H,4-13,16-17H2,1-3H3;12-13,15-16H,7-11,14H2,1-6H3. The lowest BCUT2D eigenvalue weighted by atomic mass is 9.83. The largest absolute Gasteiger partial charge is 0.493 e. The van der Waals surface area contributed by atoms with Gasteiger partial charge in [-0.15, -0.1) is 0 Å². The number of hydrogen-bond donors (Lipinski definition) is 0. The molecule has 7 rings (SSSR count). The third-order valence-electron chi connectivity index (χ3n) is 12.7. The van der Waals surface area contributed by atoms with Gasteiger partial charge in [0.2, 0.25) is 0 Å². The predicted molar refractivity (Wildman–Crippen MR) is 240 cm³/mol. The first-order chi connectivity index (χ1) is 30.7. The smallest absolute Gasteiger partial charge is 0.410 e. The van der Waals surface area contributed by atoms with E-state index in [2.05, 4.69) is 0 Å². The molecule has 3 aliphatic carbocycles. The van der Waals surface area contributed by atoms with Crippen LogP contribution in [-0.4, -0.2) is 96.2 Å². The van der Waals surface area contributed by atoms with Crippen molar-refractivity contribution in [3.8, 4) is 11.5 Å². The van der Waals surface area contributed by atoms with Gasteiger partial charge in [0.15, 0.2) is 0 Å². The van der Waals surface area contributed by atoms with Crippen molar-refractivity contribution in [2.45, 2.75) is 180 Å². The maximum absolute atomic E-state index is 14.8. The molecule has 5 aliphatic rings. The summed E-state index contributed by atoms with van der Waals surface area (Å²) >= 11 is 0. The summed E-state index contributed by atoms with van der Waals surface area (Å²) in [6.07, 6.45) is 3.92. The van der Waals surface area contributed by atoms with Gasteiger partial charge in [-0.3, -0.25) is 0 Å². The van der Waals surface area contributed by atoms with Crippen LogP contribution in [0.3, 0.4) is 0 Å². The molecule has 0 spiro atoms. The van der Waals surface area contributed by atoms with Gasteiger partial charge < -0.3 is 33.5 Å². The number of carbonyl (C=O) groups excluding carboxylic acids is 3. The van der Waals surface area contributed by atoms with Gasteiger partial charge in [-0.25, -0.2) is 23.2 Å². The lowest BCUT2D eigenvalue weighted by Gasteiger charge is -2.40. The Bertz CT molecular complexity index is 2030. The molecule has 2 aliphatic heterocycles. The molecule has 66 heavy (non-hydrogen) atoms.